The van der Waals surface area contributed by atoms with E-state index in [4.69, 9.17) is 19.4 Å². The van der Waals surface area contributed by atoms with Gasteiger partial charge in [-0.1, -0.05) is 38.5 Å². The fourth-order valence-electron chi connectivity index (χ4n) is 10.7. The maximum absolute atomic E-state index is 5.43. The number of hydrogen-bond acceptors (Lipinski definition) is 0. The summed E-state index contributed by atoms with van der Waals surface area (Å²) in [6.45, 7) is 2.03. The van der Waals surface area contributed by atoms with E-state index in [9.17, 15) is 0 Å². The molecule has 0 amide bonds. The molecule has 0 aromatic carbocycles. The fraction of sp³-hybridized carbons (Fsp3) is 0.974. The molecule has 0 nitrogen and oxygen atoms in total. The van der Waals surface area contributed by atoms with Crippen LogP contribution in [0.15, 0.2) is 0 Å². The normalized spacial score (nSPS) is 26.4. The van der Waals surface area contributed by atoms with E-state index >= 15 is 0 Å². The van der Waals surface area contributed by atoms with Crippen LogP contribution in [0.3, 0.4) is 0 Å². The minimum absolute atomic E-state index is 0.0465. The van der Waals surface area contributed by atoms with Crippen molar-refractivity contribution in [3.63, 3.8) is 0 Å². The summed E-state index contributed by atoms with van der Waals surface area (Å²) in [6, 6.07) is 0. The molecule has 6 fully saturated rings. The Morgan fingerprint density at radius 2 is 0.568 bits per heavy atom. The van der Waals surface area contributed by atoms with Gasteiger partial charge in [0.2, 0.25) is 0 Å². The molecule has 0 saturated heterocycles. The molecule has 6 aliphatic rings. The van der Waals surface area contributed by atoms with Gasteiger partial charge in [0.15, 0.2) is 0 Å². The topological polar surface area (TPSA) is 0 Å². The van der Waals surface area contributed by atoms with Crippen LogP contribution in [-0.2, 0) is 13.5 Å². The molecule has 6 saturated carbocycles. The van der Waals surface area contributed by atoms with Crippen molar-refractivity contribution in [1.29, 1.82) is 0 Å². The Kier molecular flexibility index (Phi) is 20.6. The van der Waals surface area contributed by atoms with E-state index in [0.29, 0.717) is 0 Å². The van der Waals surface area contributed by atoms with Crippen LogP contribution in [0.5, 0.6) is 0 Å². The summed E-state index contributed by atoms with van der Waals surface area (Å²) >= 11 is -1.39. The Morgan fingerprint density at radius 3 is 0.682 bits per heavy atom. The SMILES string of the molecule is C1CCC([PH+](C2CCCCC2)C2CCCCC2)CC1.C1CCC([PH+](C2CCCCC2)C2CCCCC2)CC1.CC[CH]=[Ru]([Cl])[Cl]. The van der Waals surface area contributed by atoms with Crippen LogP contribution in [0, 0.1) is 0 Å². The van der Waals surface area contributed by atoms with Crippen LogP contribution in [0.1, 0.15) is 206 Å². The molecule has 0 unspecified atom stereocenters. The molecule has 0 aliphatic heterocycles. The molecule has 0 radical (unpaired) electrons. The van der Waals surface area contributed by atoms with Gasteiger partial charge in [-0.15, -0.1) is 0 Å². The number of halogens is 2. The molecule has 0 aromatic heterocycles. The van der Waals surface area contributed by atoms with Crippen LogP contribution < -0.4 is 0 Å². The molecule has 6 rings (SSSR count). The Hall–Kier alpha value is 1.93. The van der Waals surface area contributed by atoms with E-state index in [0.717, 1.165) is 6.42 Å². The summed E-state index contributed by atoms with van der Waals surface area (Å²) in [5.74, 6) is 0. The van der Waals surface area contributed by atoms with Crippen molar-refractivity contribution in [3.05, 3.63) is 0 Å². The second-order valence-corrected chi connectivity index (χ2v) is 28.6. The quantitative estimate of drug-likeness (QED) is 0.178. The van der Waals surface area contributed by atoms with Gasteiger partial charge in [-0.25, -0.2) is 0 Å². The van der Waals surface area contributed by atoms with Gasteiger partial charge in [0.1, 0.15) is 0 Å². The molecular formula is C39H74Cl2P2Ru+2. The third kappa shape index (κ3) is 13.7. The summed E-state index contributed by atoms with van der Waals surface area (Å²) in [6.07, 6.45) is 48.6. The average molecular weight is 777 g/mol. The van der Waals surface area contributed by atoms with Gasteiger partial charge >= 0.3 is 50.9 Å². The van der Waals surface area contributed by atoms with Gasteiger partial charge in [-0.3, -0.25) is 0 Å². The number of hydrogen-bond donors (Lipinski definition) is 0. The van der Waals surface area contributed by atoms with E-state index in [-0.39, 0.29) is 15.8 Å². The van der Waals surface area contributed by atoms with Crippen molar-refractivity contribution in [2.24, 2.45) is 0 Å². The van der Waals surface area contributed by atoms with Crippen molar-refractivity contribution in [2.75, 3.05) is 0 Å². The fourth-order valence-corrected chi connectivity index (χ4v) is 23.0. The van der Waals surface area contributed by atoms with Crippen molar-refractivity contribution >= 4 is 39.8 Å². The van der Waals surface area contributed by atoms with E-state index in [1.54, 1.807) is 193 Å². The molecule has 0 spiro atoms. The van der Waals surface area contributed by atoms with Crippen LogP contribution in [0.25, 0.3) is 0 Å². The predicted molar refractivity (Wildman–Crippen MR) is 206 cm³/mol. The molecule has 0 aromatic rings. The van der Waals surface area contributed by atoms with Crippen molar-refractivity contribution in [2.45, 2.75) is 240 Å². The van der Waals surface area contributed by atoms with Gasteiger partial charge in [0.05, 0.1) is 34.0 Å². The Morgan fingerprint density at radius 1 is 0.386 bits per heavy atom. The third-order valence-electron chi connectivity index (χ3n) is 12.7. The van der Waals surface area contributed by atoms with Gasteiger partial charge < -0.3 is 0 Å². The molecular weight excluding hydrogens is 702 g/mol. The molecule has 44 heavy (non-hydrogen) atoms. The van der Waals surface area contributed by atoms with Gasteiger partial charge in [-0.05, 0) is 154 Å². The van der Waals surface area contributed by atoms with E-state index in [1.807, 2.05) is 11.5 Å². The van der Waals surface area contributed by atoms with Crippen LogP contribution in [-0.4, -0.2) is 38.6 Å². The first-order valence-electron chi connectivity index (χ1n) is 20.2. The molecule has 6 aliphatic carbocycles. The standard InChI is InChI=1S/2C18H33P.C3H6.2ClH.Ru/c2*1-4-10-16(11-5-1)19(17-12-6-2-7-13-17)18-14-8-3-9-15-18;1-3-2;;;/h2*16-18H,1-15H2;1H,3H2,2H3;2*1H;/q;;;;;+2. The van der Waals surface area contributed by atoms with Crippen LogP contribution in [0.2, 0.25) is 0 Å². The molecule has 0 heterocycles. The van der Waals surface area contributed by atoms with E-state index < -0.39 is 13.5 Å². The Labute approximate surface area is 291 Å². The predicted octanol–water partition coefficient (Wildman–Crippen LogP) is 14.5. The zero-order valence-corrected chi connectivity index (χ0v) is 34.3. The van der Waals surface area contributed by atoms with Gasteiger partial charge in [0.25, 0.3) is 0 Å². The van der Waals surface area contributed by atoms with Crippen molar-refractivity contribution in [1.82, 2.24) is 0 Å². The van der Waals surface area contributed by atoms with E-state index in [1.165, 1.54) is 34.0 Å². The Balaban J connectivity index is 0.000000170. The minimum atomic E-state index is -1.39. The van der Waals surface area contributed by atoms with Crippen molar-refractivity contribution < 1.29 is 13.5 Å². The van der Waals surface area contributed by atoms with E-state index in [2.05, 4.69) is 0 Å². The second kappa shape index (κ2) is 23.4. The summed E-state index contributed by atoms with van der Waals surface area (Å²) in [7, 11) is 10.8. The summed E-state index contributed by atoms with van der Waals surface area (Å²) in [5.41, 5.74) is 7.36. The molecule has 260 valence electrons. The maximum atomic E-state index is 5.43. The summed E-state index contributed by atoms with van der Waals surface area (Å²) in [5, 5.41) is 0. The summed E-state index contributed by atoms with van der Waals surface area (Å²) in [4.78, 5) is 0. The van der Waals surface area contributed by atoms with Crippen molar-refractivity contribution in [3.8, 4) is 0 Å². The average Bonchev–Trinajstić information content (AvgIpc) is 3.09. The zero-order valence-electron chi connectivity index (χ0n) is 29.1. The van der Waals surface area contributed by atoms with Crippen LogP contribution >= 0.6 is 35.2 Å². The van der Waals surface area contributed by atoms with Gasteiger partial charge in [0, 0.05) is 15.8 Å². The monoisotopic (exact) mass is 776 g/mol. The Bertz CT molecular complexity index is 598. The third-order valence-corrected chi connectivity index (χ3v) is 24.4. The summed E-state index contributed by atoms with van der Waals surface area (Å²) < 4.78 is 1.97. The second-order valence-electron chi connectivity index (χ2n) is 15.8. The molecule has 5 heteroatoms. The number of rotatable bonds is 7. The molecule has 0 atom stereocenters. The molecule has 0 N–H and O–H groups in total. The first kappa shape index (κ1) is 38.7. The van der Waals surface area contributed by atoms with Gasteiger partial charge in [-0.2, -0.15) is 0 Å². The van der Waals surface area contributed by atoms with Crippen LogP contribution in [0.4, 0.5) is 0 Å². The molecule has 0 bridgehead atoms. The first-order valence-corrected chi connectivity index (χ1v) is 29.2. The first-order chi connectivity index (χ1) is 21.7. The zero-order chi connectivity index (χ0) is 30.8.